The third-order valence-electron chi connectivity index (χ3n) is 6.78. The summed E-state index contributed by atoms with van der Waals surface area (Å²) in [4.78, 5) is 11.5. The molecule has 3 aromatic carbocycles. The van der Waals surface area contributed by atoms with Crippen molar-refractivity contribution < 1.29 is 52.0 Å². The Morgan fingerprint density at radius 3 is 1.98 bits per heavy atom. The summed E-state index contributed by atoms with van der Waals surface area (Å²) in [5.74, 6) is 0.871. The number of aromatic nitrogens is 4. The molecule has 2 heterocycles. The van der Waals surface area contributed by atoms with E-state index in [0.29, 0.717) is 29.3 Å². The van der Waals surface area contributed by atoms with Crippen molar-refractivity contribution in [2.24, 2.45) is 0 Å². The Morgan fingerprint density at radius 1 is 0.700 bits per heavy atom. The lowest BCUT2D eigenvalue weighted by molar-refractivity contribution is 0.282. The summed E-state index contributed by atoms with van der Waals surface area (Å²) in [5, 5.41) is 0. The molecule has 0 unspecified atom stereocenters. The molecular weight excluding hydrogens is 717 g/mol. The van der Waals surface area contributed by atoms with Crippen molar-refractivity contribution in [3.8, 4) is 56.8 Å². The minimum atomic E-state index is -4.19. The maximum atomic E-state index is 12.6. The highest BCUT2D eigenvalue weighted by Crippen LogP contribution is 2.52. The molecule has 19 heteroatoms. The summed E-state index contributed by atoms with van der Waals surface area (Å²) in [6.07, 6.45) is 9.26. The van der Waals surface area contributed by atoms with E-state index in [4.69, 9.17) is 26.8 Å². The summed E-state index contributed by atoms with van der Waals surface area (Å²) in [7, 11) is -9.40. The van der Waals surface area contributed by atoms with Crippen LogP contribution in [0.5, 0.6) is 34.5 Å². The summed E-state index contributed by atoms with van der Waals surface area (Å²) in [5.41, 5.74) is 1.07. The normalized spacial score (nSPS) is 11.9. The first-order valence-electron chi connectivity index (χ1n) is 14.4. The van der Waals surface area contributed by atoms with Crippen molar-refractivity contribution in [2.75, 3.05) is 33.0 Å². The van der Waals surface area contributed by atoms with Crippen molar-refractivity contribution >= 4 is 30.4 Å². The summed E-state index contributed by atoms with van der Waals surface area (Å²) in [6.45, 7) is 0.312. The topological polar surface area (TPSA) is 204 Å². The van der Waals surface area contributed by atoms with E-state index in [9.17, 15) is 25.3 Å². The zero-order valence-corrected chi connectivity index (χ0v) is 29.8. The molecule has 0 aliphatic heterocycles. The molecule has 0 atom stereocenters. The minimum absolute atomic E-state index is 0.0303. The van der Waals surface area contributed by atoms with Gasteiger partial charge < -0.3 is 36.3 Å². The van der Waals surface area contributed by atoms with Crippen molar-refractivity contribution in [1.82, 2.24) is 19.5 Å². The monoisotopic (exact) mass is 748 g/mol. The lowest BCUT2D eigenvalue weighted by Gasteiger charge is -2.21. The number of hydrogen-bond donors (Lipinski definition) is 1. The second kappa shape index (κ2) is 14.3. The molecule has 50 heavy (non-hydrogen) atoms. The number of H-pyrrole nitrogens is 1. The Morgan fingerprint density at radius 2 is 1.38 bits per heavy atom. The van der Waals surface area contributed by atoms with Gasteiger partial charge in [-0.05, 0) is 41.5 Å². The first-order chi connectivity index (χ1) is 23.5. The third-order valence-corrected chi connectivity index (χ3v) is 8.23. The molecule has 1 N–H and O–H groups in total. The number of nitrogens with one attached hydrogen (secondary N) is 1. The second-order valence-electron chi connectivity index (χ2n) is 10.7. The number of methoxy groups -OCH3 is 2. The van der Waals surface area contributed by atoms with Gasteiger partial charge in [-0.2, -0.15) is 25.3 Å². The average molecular weight is 749 g/mol. The number of ether oxygens (including phenoxy) is 3. The van der Waals surface area contributed by atoms with Crippen molar-refractivity contribution in [1.29, 1.82) is 0 Å². The first kappa shape index (κ1) is 36.0. The van der Waals surface area contributed by atoms with Gasteiger partial charge in [-0.25, -0.2) is 9.97 Å². The van der Waals surface area contributed by atoms with E-state index in [1.54, 1.807) is 35.4 Å². The Labute approximate surface area is 288 Å². The SMILES string of the molecule is COc1cc(-c2ccc(OS(C)(=O)=O)cc2)c(OC)c(OS(C)(=O)=O)c1-c1ccc(OCc2nccn2Cc2ncc[nH]2)c(OS(C)(=O)=O)c1. The molecule has 0 fully saturated rings. The van der Waals surface area contributed by atoms with Gasteiger partial charge >= 0.3 is 30.4 Å². The van der Waals surface area contributed by atoms with Gasteiger partial charge in [-0.1, -0.05) is 18.2 Å². The fourth-order valence-corrected chi connectivity index (χ4v) is 6.27. The second-order valence-corrected chi connectivity index (χ2v) is 15.4. The molecule has 0 aliphatic carbocycles. The minimum Gasteiger partial charge on any atom is -0.496 e. The Bertz CT molecular complexity index is 2320. The smallest absolute Gasteiger partial charge is 0.306 e. The summed E-state index contributed by atoms with van der Waals surface area (Å²) in [6, 6.07) is 11.7. The Hall–Kier alpha value is -5.27. The summed E-state index contributed by atoms with van der Waals surface area (Å²) < 4.78 is 108. The fraction of sp³-hybridized carbons (Fsp3) is 0.226. The lowest BCUT2D eigenvalue weighted by Crippen LogP contribution is -2.11. The molecule has 0 radical (unpaired) electrons. The lowest BCUT2D eigenvalue weighted by atomic mass is 9.96. The van der Waals surface area contributed by atoms with Crippen LogP contribution >= 0.6 is 0 Å². The largest absolute Gasteiger partial charge is 0.496 e. The molecule has 0 saturated carbocycles. The molecule has 0 saturated heterocycles. The van der Waals surface area contributed by atoms with Crippen molar-refractivity contribution in [3.05, 3.63) is 85.0 Å². The maximum absolute atomic E-state index is 12.6. The maximum Gasteiger partial charge on any atom is 0.306 e. The highest BCUT2D eigenvalue weighted by atomic mass is 32.2. The quantitative estimate of drug-likeness (QED) is 0.152. The molecule has 5 rings (SSSR count). The van der Waals surface area contributed by atoms with Crippen molar-refractivity contribution in [3.63, 3.8) is 0 Å². The van der Waals surface area contributed by atoms with E-state index >= 15 is 0 Å². The van der Waals surface area contributed by atoms with E-state index in [2.05, 4.69) is 15.0 Å². The molecule has 0 bridgehead atoms. The predicted molar refractivity (Wildman–Crippen MR) is 181 cm³/mol. The fourth-order valence-electron chi connectivity index (χ4n) is 4.89. The molecule has 266 valence electrons. The van der Waals surface area contributed by atoms with Gasteiger partial charge in [0.2, 0.25) is 0 Å². The molecular formula is C31H32N4O12S3. The number of rotatable bonds is 15. The highest BCUT2D eigenvalue weighted by Gasteiger charge is 2.27. The van der Waals surface area contributed by atoms with E-state index in [1.807, 2.05) is 0 Å². The highest BCUT2D eigenvalue weighted by molar-refractivity contribution is 7.86. The number of benzene rings is 3. The van der Waals surface area contributed by atoms with Gasteiger partial charge in [0, 0.05) is 30.4 Å². The average Bonchev–Trinajstić information content (AvgIpc) is 3.70. The van der Waals surface area contributed by atoms with Gasteiger partial charge in [0.25, 0.3) is 0 Å². The van der Waals surface area contributed by atoms with Crippen LogP contribution in [0.3, 0.4) is 0 Å². The molecule has 16 nitrogen and oxygen atoms in total. The summed E-state index contributed by atoms with van der Waals surface area (Å²) >= 11 is 0. The zero-order chi connectivity index (χ0) is 36.3. The number of aromatic amines is 1. The molecule has 5 aromatic rings. The van der Waals surface area contributed by atoms with Crippen LogP contribution in [-0.2, 0) is 43.5 Å². The third kappa shape index (κ3) is 9.04. The number of imidazole rings is 2. The number of hydrogen-bond acceptors (Lipinski definition) is 14. The van der Waals surface area contributed by atoms with E-state index < -0.39 is 30.4 Å². The van der Waals surface area contributed by atoms with E-state index in [0.717, 1.165) is 18.8 Å². The molecule has 0 aliphatic rings. The standard InChI is InChI=1S/C31H32N4O12S3/c1-42-26-17-23(20-6-9-22(10-7-20)45-48(3,36)37)30(43-2)31(47-50(5,40)41)29(26)21-8-11-24(25(16-21)46-49(4,38)39)44-19-28-34-14-15-35(28)18-27-32-12-13-33-27/h6-17H,18-19H2,1-5H3,(H,32,33). The van der Waals surface area contributed by atoms with Gasteiger partial charge in [-0.3, -0.25) is 0 Å². The van der Waals surface area contributed by atoms with Crippen LogP contribution in [0.15, 0.2) is 73.3 Å². The molecule has 0 spiro atoms. The van der Waals surface area contributed by atoms with Crippen LogP contribution < -0.4 is 26.8 Å². The van der Waals surface area contributed by atoms with Crippen LogP contribution in [0.2, 0.25) is 0 Å². The predicted octanol–water partition coefficient (Wildman–Crippen LogP) is 3.60. The van der Waals surface area contributed by atoms with E-state index in [-0.39, 0.29) is 52.2 Å². The van der Waals surface area contributed by atoms with Crippen LogP contribution in [0, 0.1) is 0 Å². The molecule has 2 aromatic heterocycles. The first-order valence-corrected chi connectivity index (χ1v) is 19.8. The van der Waals surface area contributed by atoms with Crippen LogP contribution in [0.25, 0.3) is 22.3 Å². The molecule has 0 amide bonds. The van der Waals surface area contributed by atoms with Gasteiger partial charge in [0.1, 0.15) is 29.8 Å². The number of nitrogens with zero attached hydrogens (tertiary/aromatic N) is 3. The Kier molecular flexibility index (Phi) is 10.3. The van der Waals surface area contributed by atoms with Crippen LogP contribution in [0.1, 0.15) is 11.6 Å². The zero-order valence-electron chi connectivity index (χ0n) is 27.3. The van der Waals surface area contributed by atoms with Gasteiger partial charge in [0.05, 0.1) is 45.1 Å². The van der Waals surface area contributed by atoms with Crippen LogP contribution in [-0.4, -0.2) is 77.8 Å². The van der Waals surface area contributed by atoms with Crippen LogP contribution in [0.4, 0.5) is 0 Å². The Balaban J connectivity index is 1.60. The van der Waals surface area contributed by atoms with E-state index in [1.165, 1.54) is 56.7 Å². The van der Waals surface area contributed by atoms with Gasteiger partial charge in [0.15, 0.2) is 23.0 Å². The van der Waals surface area contributed by atoms with Crippen molar-refractivity contribution in [2.45, 2.75) is 13.2 Å². The van der Waals surface area contributed by atoms with Gasteiger partial charge in [-0.15, -0.1) is 0 Å².